The third kappa shape index (κ3) is 4.31. The van der Waals surface area contributed by atoms with Crippen LogP contribution in [0.15, 0.2) is 0 Å². The Morgan fingerprint density at radius 3 is 2.72 bits per heavy atom. The number of phosphoric ester groups is 1. The maximum atomic E-state index is 11.6. The Bertz CT molecular complexity index is 303. The van der Waals surface area contributed by atoms with E-state index in [0.29, 0.717) is 6.42 Å². The van der Waals surface area contributed by atoms with Crippen LogP contribution in [0.5, 0.6) is 0 Å². The summed E-state index contributed by atoms with van der Waals surface area (Å²) in [5.74, 6) is 0. The first-order valence-electron chi connectivity index (χ1n) is 5.65. The molecule has 0 aromatic carbocycles. The van der Waals surface area contributed by atoms with E-state index in [0.717, 1.165) is 0 Å². The molecule has 0 amide bonds. The van der Waals surface area contributed by atoms with E-state index in [1.165, 1.54) is 7.11 Å². The first-order chi connectivity index (χ1) is 8.41. The third-order valence-corrected chi connectivity index (χ3v) is 3.43. The molecule has 1 aliphatic heterocycles. The first kappa shape index (κ1) is 16.1. The highest BCUT2D eigenvalue weighted by atomic mass is 31.2. The van der Waals surface area contributed by atoms with Crippen molar-refractivity contribution in [3.05, 3.63) is 0 Å². The van der Waals surface area contributed by atoms with Gasteiger partial charge in [0.15, 0.2) is 0 Å². The van der Waals surface area contributed by atoms with Gasteiger partial charge in [-0.05, 0) is 6.42 Å². The second-order valence-corrected chi connectivity index (χ2v) is 5.36. The summed E-state index contributed by atoms with van der Waals surface area (Å²) in [7, 11) is 2.69. The molecule has 0 aliphatic carbocycles. The molecular weight excluding hydrogens is 262 g/mol. The second-order valence-electron chi connectivity index (χ2n) is 3.96. The van der Waals surface area contributed by atoms with Crippen LogP contribution in [-0.2, 0) is 23.1 Å². The third-order valence-electron chi connectivity index (χ3n) is 2.42. The zero-order valence-electron chi connectivity index (χ0n) is 10.4. The van der Waals surface area contributed by atoms with Crippen molar-refractivity contribution in [1.82, 2.24) is 0 Å². The number of hydrogen-bond donors (Lipinski definition) is 2. The topological polar surface area (TPSA) is 94.5 Å². The van der Waals surface area contributed by atoms with Gasteiger partial charge < -0.3 is 19.5 Å². The molecule has 7 nitrogen and oxygen atoms in total. The summed E-state index contributed by atoms with van der Waals surface area (Å²) in [6, 6.07) is -0.985. The molecule has 0 bridgehead atoms. The molecule has 104 valence electrons. The lowest BCUT2D eigenvalue weighted by molar-refractivity contribution is -0.0238. The van der Waals surface area contributed by atoms with E-state index < -0.39 is 32.1 Å². The Balaban J connectivity index is 2.64. The van der Waals surface area contributed by atoms with Gasteiger partial charge in [0.1, 0.15) is 26.2 Å². The SMILES string of the molecule is [B][C@@H]1O[C@H](COC)C(OP(=O)(O)OCCC)[C@@H]1O. The zero-order valence-corrected chi connectivity index (χ0v) is 11.3. The predicted octanol–water partition coefficient (Wildman–Crippen LogP) is -0.201. The highest BCUT2D eigenvalue weighted by molar-refractivity contribution is 7.47. The van der Waals surface area contributed by atoms with Crippen LogP contribution in [0.2, 0.25) is 0 Å². The number of aliphatic hydroxyl groups is 1. The van der Waals surface area contributed by atoms with Crippen molar-refractivity contribution in [2.45, 2.75) is 37.7 Å². The molecule has 18 heavy (non-hydrogen) atoms. The molecule has 1 rings (SSSR count). The van der Waals surface area contributed by atoms with Crippen molar-refractivity contribution in [3.63, 3.8) is 0 Å². The Morgan fingerprint density at radius 2 is 2.17 bits per heavy atom. The number of hydrogen-bond acceptors (Lipinski definition) is 6. The number of ether oxygens (including phenoxy) is 2. The minimum absolute atomic E-state index is 0.0818. The molecule has 0 aromatic heterocycles. The van der Waals surface area contributed by atoms with Gasteiger partial charge in [-0.1, -0.05) is 6.92 Å². The van der Waals surface area contributed by atoms with E-state index in [2.05, 4.69) is 0 Å². The van der Waals surface area contributed by atoms with Crippen molar-refractivity contribution in [2.75, 3.05) is 20.3 Å². The van der Waals surface area contributed by atoms with E-state index in [1.54, 1.807) is 6.92 Å². The molecule has 1 saturated heterocycles. The lowest BCUT2D eigenvalue weighted by Crippen LogP contribution is -2.36. The smallest absolute Gasteiger partial charge is 0.388 e. The van der Waals surface area contributed by atoms with E-state index in [1.807, 2.05) is 0 Å². The largest absolute Gasteiger partial charge is 0.472 e. The van der Waals surface area contributed by atoms with Crippen molar-refractivity contribution in [1.29, 1.82) is 0 Å². The molecule has 2 radical (unpaired) electrons. The van der Waals surface area contributed by atoms with Gasteiger partial charge in [0.25, 0.3) is 0 Å². The summed E-state index contributed by atoms with van der Waals surface area (Å²) in [5.41, 5.74) is 0. The molecule has 1 fully saturated rings. The fourth-order valence-electron chi connectivity index (χ4n) is 1.59. The highest BCUT2D eigenvalue weighted by Gasteiger charge is 2.45. The molecule has 2 unspecified atom stereocenters. The number of phosphoric acid groups is 1. The normalized spacial score (nSPS) is 35.6. The van der Waals surface area contributed by atoms with Crippen molar-refractivity contribution in [3.8, 4) is 0 Å². The average molecular weight is 280 g/mol. The first-order valence-corrected chi connectivity index (χ1v) is 7.14. The molecule has 0 aromatic rings. The predicted molar refractivity (Wildman–Crippen MR) is 63.2 cm³/mol. The standard InChI is InChI=1S/C9H18BO7P/c1-3-4-15-18(12,13)17-8-6(5-14-2)16-9(10)7(8)11/h6-9,11H,3-5H2,1-2H3,(H,12,13)/t6-,7+,8?,9-/m1/s1. The molecule has 1 heterocycles. The van der Waals surface area contributed by atoms with E-state index in [-0.39, 0.29) is 13.2 Å². The summed E-state index contributed by atoms with van der Waals surface area (Å²) >= 11 is 0. The van der Waals surface area contributed by atoms with Crippen LogP contribution in [0.3, 0.4) is 0 Å². The maximum absolute atomic E-state index is 11.6. The molecule has 0 spiro atoms. The van der Waals surface area contributed by atoms with Crippen LogP contribution in [-0.4, -0.2) is 62.5 Å². The van der Waals surface area contributed by atoms with Gasteiger partial charge >= 0.3 is 7.82 Å². The Labute approximate surface area is 107 Å². The van der Waals surface area contributed by atoms with Crippen molar-refractivity contribution >= 4 is 15.7 Å². The molecular formula is C9H18BO7P. The monoisotopic (exact) mass is 280 g/mol. The van der Waals surface area contributed by atoms with Crippen LogP contribution >= 0.6 is 7.82 Å². The van der Waals surface area contributed by atoms with Crippen LogP contribution in [0.4, 0.5) is 0 Å². The van der Waals surface area contributed by atoms with E-state index in [4.69, 9.17) is 26.4 Å². The molecule has 5 atom stereocenters. The molecule has 9 heteroatoms. The minimum atomic E-state index is -4.23. The van der Waals surface area contributed by atoms with Crippen molar-refractivity contribution in [2.24, 2.45) is 0 Å². The van der Waals surface area contributed by atoms with Gasteiger partial charge in [0, 0.05) is 13.1 Å². The lowest BCUT2D eigenvalue weighted by atomic mass is 9.93. The van der Waals surface area contributed by atoms with Crippen LogP contribution < -0.4 is 0 Å². The molecule has 2 N–H and O–H groups in total. The van der Waals surface area contributed by atoms with Gasteiger partial charge in [0.05, 0.1) is 13.2 Å². The zero-order chi connectivity index (χ0) is 13.8. The summed E-state index contributed by atoms with van der Waals surface area (Å²) in [4.78, 5) is 9.46. The summed E-state index contributed by atoms with van der Waals surface area (Å²) < 4.78 is 31.2. The van der Waals surface area contributed by atoms with Crippen LogP contribution in [0.25, 0.3) is 0 Å². The average Bonchev–Trinajstić information content (AvgIpc) is 2.55. The maximum Gasteiger partial charge on any atom is 0.472 e. The highest BCUT2D eigenvalue weighted by Crippen LogP contribution is 2.47. The Hall–Kier alpha value is 0.0549. The fraction of sp³-hybridized carbons (Fsp3) is 1.00. The van der Waals surface area contributed by atoms with Gasteiger partial charge in [-0.25, -0.2) is 4.57 Å². The molecule has 0 saturated carbocycles. The minimum Gasteiger partial charge on any atom is -0.388 e. The van der Waals surface area contributed by atoms with Gasteiger partial charge in [-0.2, -0.15) is 0 Å². The van der Waals surface area contributed by atoms with Crippen molar-refractivity contribution < 1.29 is 33.1 Å². The second kappa shape index (κ2) is 7.00. The summed E-state index contributed by atoms with van der Waals surface area (Å²) in [6.45, 7) is 1.96. The number of rotatable bonds is 7. The van der Waals surface area contributed by atoms with Crippen LogP contribution in [0.1, 0.15) is 13.3 Å². The Kier molecular flexibility index (Phi) is 6.27. The van der Waals surface area contributed by atoms with Gasteiger partial charge in [0.2, 0.25) is 0 Å². The Morgan fingerprint density at radius 1 is 1.50 bits per heavy atom. The van der Waals surface area contributed by atoms with E-state index in [9.17, 15) is 14.6 Å². The van der Waals surface area contributed by atoms with Gasteiger partial charge in [-0.15, -0.1) is 0 Å². The summed E-state index contributed by atoms with van der Waals surface area (Å²) in [6.07, 6.45) is -2.42. The fourth-order valence-corrected chi connectivity index (χ4v) is 2.63. The number of methoxy groups -OCH3 is 1. The number of aliphatic hydroxyl groups excluding tert-OH is 1. The van der Waals surface area contributed by atoms with Crippen LogP contribution in [0, 0.1) is 0 Å². The van der Waals surface area contributed by atoms with E-state index >= 15 is 0 Å². The summed E-state index contributed by atoms with van der Waals surface area (Å²) in [5, 5.41) is 9.72. The molecule has 1 aliphatic rings. The lowest BCUT2D eigenvalue weighted by Gasteiger charge is -2.22. The van der Waals surface area contributed by atoms with Gasteiger partial charge in [-0.3, -0.25) is 9.05 Å². The quantitative estimate of drug-likeness (QED) is 0.492.